The molecule has 6 rings (SSSR count). The number of fused-ring (bicyclic) bond motifs is 3. The fourth-order valence-corrected chi connectivity index (χ4v) is 8.49. The molecule has 1 N–H and O–H groups in total. The van der Waals surface area contributed by atoms with Gasteiger partial charge >= 0.3 is 6.09 Å². The molecule has 4 aliphatic carbocycles. The Hall–Kier alpha value is -1.51. The number of benzene rings is 1. The van der Waals surface area contributed by atoms with Crippen molar-refractivity contribution >= 4 is 30.1 Å². The van der Waals surface area contributed by atoms with Crippen LogP contribution in [0, 0.1) is 11.3 Å². The molecule has 3 unspecified atom stereocenters. The Kier molecular flexibility index (Phi) is 8.94. The molecule has 6 nitrogen and oxygen atoms in total. The lowest BCUT2D eigenvalue weighted by molar-refractivity contribution is -0.0120. The molecule has 42 heavy (non-hydrogen) atoms. The Bertz CT molecular complexity index is 1130. The molecule has 1 aromatic rings. The Balaban J connectivity index is 1.34. The van der Waals surface area contributed by atoms with E-state index in [0.29, 0.717) is 18.1 Å². The summed E-state index contributed by atoms with van der Waals surface area (Å²) >= 11 is 3.61. The summed E-state index contributed by atoms with van der Waals surface area (Å²) in [6.45, 7) is 18.8. The van der Waals surface area contributed by atoms with E-state index in [9.17, 15) is 4.79 Å². The molecule has 1 heterocycles. The van der Waals surface area contributed by atoms with Gasteiger partial charge in [0.25, 0.3) is 0 Å². The Morgan fingerprint density at radius 2 is 1.67 bits per heavy atom. The van der Waals surface area contributed by atoms with E-state index in [1.165, 1.54) is 49.8 Å². The molecule has 0 aromatic heterocycles. The van der Waals surface area contributed by atoms with E-state index in [2.05, 4.69) is 90.1 Å². The van der Waals surface area contributed by atoms with Gasteiger partial charge in [0, 0.05) is 42.5 Å². The molecule has 5 aliphatic rings. The van der Waals surface area contributed by atoms with Crippen molar-refractivity contribution < 1.29 is 14.3 Å². The smallest absolute Gasteiger partial charge is 0.410 e. The molecular formula is C34H54BrN3O3Si. The van der Waals surface area contributed by atoms with Crippen molar-refractivity contribution in [3.8, 4) is 0 Å². The van der Waals surface area contributed by atoms with Crippen LogP contribution in [-0.4, -0.2) is 61.2 Å². The Morgan fingerprint density at radius 3 is 2.19 bits per heavy atom. The van der Waals surface area contributed by atoms with Crippen molar-refractivity contribution in [1.82, 2.24) is 15.1 Å². The van der Waals surface area contributed by atoms with Gasteiger partial charge in [-0.05, 0) is 108 Å². The Labute approximate surface area is 264 Å². The number of allylic oxidation sites excluding steroid dienone is 1. The van der Waals surface area contributed by atoms with E-state index >= 15 is 0 Å². The zero-order valence-corrected chi connectivity index (χ0v) is 29.9. The third kappa shape index (κ3) is 6.91. The van der Waals surface area contributed by atoms with E-state index in [4.69, 9.17) is 9.47 Å². The molecule has 2 bridgehead atoms. The van der Waals surface area contributed by atoms with Gasteiger partial charge < -0.3 is 19.7 Å². The van der Waals surface area contributed by atoms with Gasteiger partial charge in [0.1, 0.15) is 18.5 Å². The van der Waals surface area contributed by atoms with Crippen LogP contribution in [-0.2, 0) is 14.9 Å². The fraction of sp³-hybridized carbons (Fsp3) is 0.735. The molecule has 4 saturated carbocycles. The van der Waals surface area contributed by atoms with Gasteiger partial charge in [-0.15, -0.1) is 0 Å². The maximum atomic E-state index is 13.6. The summed E-state index contributed by atoms with van der Waals surface area (Å²) in [5.41, 5.74) is 2.81. The molecule has 8 heteroatoms. The first-order valence-electron chi connectivity index (χ1n) is 16.2. The van der Waals surface area contributed by atoms with Crippen LogP contribution >= 0.6 is 15.9 Å². The summed E-state index contributed by atoms with van der Waals surface area (Å²) < 4.78 is 13.4. The highest BCUT2D eigenvalue weighted by molar-refractivity contribution is 9.10. The second kappa shape index (κ2) is 11.8. The van der Waals surface area contributed by atoms with Crippen molar-refractivity contribution in [3.63, 3.8) is 0 Å². The highest BCUT2D eigenvalue weighted by Crippen LogP contribution is 2.60. The van der Waals surface area contributed by atoms with Gasteiger partial charge in [-0.1, -0.05) is 54.6 Å². The minimum Gasteiger partial charge on any atom is -0.444 e. The van der Waals surface area contributed by atoms with Gasteiger partial charge in [0.15, 0.2) is 0 Å². The van der Waals surface area contributed by atoms with Crippen LogP contribution in [0.4, 0.5) is 4.79 Å². The lowest BCUT2D eigenvalue weighted by Crippen LogP contribution is -2.57. The second-order valence-corrected chi connectivity index (χ2v) is 22.5. The van der Waals surface area contributed by atoms with Crippen LogP contribution in [0.15, 0.2) is 40.6 Å². The molecule has 0 saturated heterocycles. The molecule has 4 fully saturated rings. The molecule has 1 aliphatic heterocycles. The zero-order chi connectivity index (χ0) is 30.5. The maximum Gasteiger partial charge on any atom is 0.410 e. The number of rotatable bonds is 10. The number of ether oxygens (including phenoxy) is 2. The van der Waals surface area contributed by atoms with Gasteiger partial charge in [0.2, 0.25) is 0 Å². The fourth-order valence-electron chi connectivity index (χ4n) is 7.47. The number of nitrogens with one attached hydrogen (secondary N) is 1. The molecule has 1 aromatic carbocycles. The highest BCUT2D eigenvalue weighted by atomic mass is 79.9. The Morgan fingerprint density at radius 1 is 1.10 bits per heavy atom. The third-order valence-corrected chi connectivity index (χ3v) is 12.6. The summed E-state index contributed by atoms with van der Waals surface area (Å²) in [6, 6.07) is 10.4. The summed E-state index contributed by atoms with van der Waals surface area (Å²) in [4.78, 5) is 17.9. The SMILES string of the molecule is CC1CC1N(C(=O)OC(C)(C)C)[C@@H](C)C1NC(C23CCC(c4ccc(Br)cc4)(CC2)CC3)=CN1COCC[Si](C)(C)C. The lowest BCUT2D eigenvalue weighted by atomic mass is 9.51. The van der Waals surface area contributed by atoms with Crippen LogP contribution in [0.25, 0.3) is 0 Å². The number of amides is 1. The van der Waals surface area contributed by atoms with Gasteiger partial charge in [-0.2, -0.15) is 0 Å². The van der Waals surface area contributed by atoms with Crippen LogP contribution < -0.4 is 5.32 Å². The first-order chi connectivity index (χ1) is 19.6. The van der Waals surface area contributed by atoms with Crippen molar-refractivity contribution in [2.45, 2.75) is 135 Å². The molecule has 0 radical (unpaired) electrons. The second-order valence-electron chi connectivity index (χ2n) is 16.0. The predicted octanol–water partition coefficient (Wildman–Crippen LogP) is 8.46. The van der Waals surface area contributed by atoms with Crippen molar-refractivity contribution in [2.75, 3.05) is 13.3 Å². The summed E-state index contributed by atoms with van der Waals surface area (Å²) in [7, 11) is -1.18. The minimum absolute atomic E-state index is 0.0401. The molecule has 234 valence electrons. The van der Waals surface area contributed by atoms with Gasteiger partial charge in [-0.25, -0.2) is 4.79 Å². The zero-order valence-electron chi connectivity index (χ0n) is 27.3. The lowest BCUT2D eigenvalue weighted by Gasteiger charge is -2.54. The number of halogens is 1. The quantitative estimate of drug-likeness (QED) is 0.202. The van der Waals surface area contributed by atoms with Crippen LogP contribution in [0.5, 0.6) is 0 Å². The molecular weight excluding hydrogens is 606 g/mol. The number of hydrogen-bond donors (Lipinski definition) is 1. The number of hydrogen-bond acceptors (Lipinski definition) is 5. The van der Waals surface area contributed by atoms with E-state index in [1.807, 2.05) is 25.7 Å². The van der Waals surface area contributed by atoms with Crippen LogP contribution in [0.3, 0.4) is 0 Å². The maximum absolute atomic E-state index is 13.6. The monoisotopic (exact) mass is 659 g/mol. The van der Waals surface area contributed by atoms with Gasteiger partial charge in [0.05, 0.1) is 6.04 Å². The van der Waals surface area contributed by atoms with Crippen molar-refractivity contribution in [2.24, 2.45) is 11.3 Å². The number of carbonyl (C=O) groups excluding carboxylic acids is 1. The molecule has 4 atom stereocenters. The number of nitrogens with zero attached hydrogens (tertiary/aromatic N) is 2. The van der Waals surface area contributed by atoms with Gasteiger partial charge in [-0.3, -0.25) is 4.90 Å². The number of carbonyl (C=O) groups is 1. The standard InChI is InChI=1S/C34H54BrN3O3Si/c1-24-21-28(24)38(31(39)41-32(3,4)5)25(2)30-36-29(22-37(30)23-40-19-20-42(6,7)8)34-16-13-33(14-17-34,15-18-34)26-9-11-27(35)12-10-26/h9-12,22,24-25,28,30,36H,13-21,23H2,1-8H3/t24?,25-,28?,30?,33?,34?/m0/s1. The molecule has 1 amide bonds. The first kappa shape index (κ1) is 31.9. The normalized spacial score (nSPS) is 31.4. The van der Waals surface area contributed by atoms with Crippen molar-refractivity contribution in [3.05, 3.63) is 46.2 Å². The largest absolute Gasteiger partial charge is 0.444 e. The molecule has 0 spiro atoms. The van der Waals surface area contributed by atoms with E-state index in [-0.39, 0.29) is 29.8 Å². The summed E-state index contributed by atoms with van der Waals surface area (Å²) in [5, 5.41) is 4.00. The third-order valence-electron chi connectivity index (χ3n) is 10.4. The van der Waals surface area contributed by atoms with Crippen LogP contribution in [0.2, 0.25) is 25.7 Å². The highest BCUT2D eigenvalue weighted by Gasteiger charge is 2.54. The average molecular weight is 661 g/mol. The first-order valence-corrected chi connectivity index (χ1v) is 20.7. The predicted molar refractivity (Wildman–Crippen MR) is 177 cm³/mol. The van der Waals surface area contributed by atoms with E-state index in [1.54, 1.807) is 0 Å². The average Bonchev–Trinajstić information content (AvgIpc) is 3.45. The summed E-state index contributed by atoms with van der Waals surface area (Å²) in [5.74, 6) is 0.497. The topological polar surface area (TPSA) is 54.0 Å². The minimum atomic E-state index is -1.18. The summed E-state index contributed by atoms with van der Waals surface area (Å²) in [6.07, 6.45) is 10.4. The van der Waals surface area contributed by atoms with E-state index < -0.39 is 13.7 Å². The van der Waals surface area contributed by atoms with Crippen LogP contribution in [0.1, 0.15) is 85.1 Å². The van der Waals surface area contributed by atoms with E-state index in [0.717, 1.165) is 23.5 Å². The van der Waals surface area contributed by atoms with Crippen molar-refractivity contribution in [1.29, 1.82) is 0 Å².